The Balaban J connectivity index is 1.87. The van der Waals surface area contributed by atoms with Crippen LogP contribution in [-0.4, -0.2) is 49.9 Å². The fourth-order valence-electron chi connectivity index (χ4n) is 3.70. The minimum atomic E-state index is -0.180. The van der Waals surface area contributed by atoms with E-state index in [4.69, 9.17) is 31.5 Å². The number of nitrogen functional groups attached to an aromatic ring is 1. The van der Waals surface area contributed by atoms with Gasteiger partial charge < -0.3 is 35.6 Å². The third-order valence-corrected chi connectivity index (χ3v) is 5.43. The van der Waals surface area contributed by atoms with Crippen LogP contribution in [0.5, 0.6) is 11.5 Å². The molecule has 168 valence electrons. The van der Waals surface area contributed by atoms with Gasteiger partial charge in [-0.2, -0.15) is 0 Å². The van der Waals surface area contributed by atoms with Crippen molar-refractivity contribution in [3.8, 4) is 22.8 Å². The molecule has 3 aromatic rings. The fourth-order valence-corrected chi connectivity index (χ4v) is 3.95. The number of carbonyl (C=O) groups excluding carboxylic acids is 1. The zero-order valence-corrected chi connectivity index (χ0v) is 18.5. The van der Waals surface area contributed by atoms with Crippen molar-refractivity contribution in [1.82, 2.24) is 15.3 Å². The molecule has 0 saturated carbocycles. The molecule has 0 bridgehead atoms. The lowest BCUT2D eigenvalue weighted by Gasteiger charge is -2.18. The van der Waals surface area contributed by atoms with Crippen LogP contribution >= 0.6 is 11.6 Å². The number of carbonyl (C=O) groups is 1. The van der Waals surface area contributed by atoms with Gasteiger partial charge in [-0.3, -0.25) is 4.79 Å². The number of nitrogens with two attached hydrogens (primary N) is 1. The molecular formula is C22H24ClN5O4. The van der Waals surface area contributed by atoms with Crippen LogP contribution in [0.2, 0.25) is 5.02 Å². The van der Waals surface area contributed by atoms with E-state index in [1.807, 2.05) is 6.07 Å². The second-order valence-corrected chi connectivity index (χ2v) is 7.50. The van der Waals surface area contributed by atoms with Crippen LogP contribution < -0.4 is 25.8 Å². The quantitative estimate of drug-likeness (QED) is 0.382. The highest BCUT2D eigenvalue weighted by atomic mass is 35.5. The van der Waals surface area contributed by atoms with Crippen molar-refractivity contribution in [3.05, 3.63) is 46.7 Å². The van der Waals surface area contributed by atoms with Gasteiger partial charge >= 0.3 is 0 Å². The number of aromatic amines is 1. The number of pyridine rings is 1. The smallest absolute Gasteiger partial charge is 0.255 e. The first-order valence-electron chi connectivity index (χ1n) is 10.0. The first kappa shape index (κ1) is 21.8. The minimum Gasteiger partial charge on any atom is -0.493 e. The maximum absolute atomic E-state index is 12.8. The van der Waals surface area contributed by atoms with Crippen LogP contribution in [-0.2, 0) is 11.2 Å². The number of methoxy groups -OCH3 is 2. The second kappa shape index (κ2) is 9.37. The summed E-state index contributed by atoms with van der Waals surface area (Å²) in [5, 5.41) is 6.69. The summed E-state index contributed by atoms with van der Waals surface area (Å²) in [5.41, 5.74) is 9.96. The van der Waals surface area contributed by atoms with Gasteiger partial charge in [0.25, 0.3) is 5.91 Å². The molecule has 9 nitrogen and oxygen atoms in total. The Kier molecular flexibility index (Phi) is 6.38. The Morgan fingerprint density at radius 2 is 2.06 bits per heavy atom. The van der Waals surface area contributed by atoms with Crippen molar-refractivity contribution in [1.29, 1.82) is 0 Å². The molecule has 5 N–H and O–H groups in total. The second-order valence-electron chi connectivity index (χ2n) is 7.09. The third-order valence-electron chi connectivity index (χ3n) is 5.13. The summed E-state index contributed by atoms with van der Waals surface area (Å²) in [4.78, 5) is 20.4. The number of anilines is 3. The molecule has 2 aromatic heterocycles. The molecule has 3 heterocycles. The third kappa shape index (κ3) is 4.04. The van der Waals surface area contributed by atoms with Crippen LogP contribution in [0.1, 0.15) is 16.1 Å². The monoisotopic (exact) mass is 457 g/mol. The summed E-state index contributed by atoms with van der Waals surface area (Å²) >= 11 is 6.31. The molecule has 32 heavy (non-hydrogen) atoms. The van der Waals surface area contributed by atoms with E-state index in [1.54, 1.807) is 31.5 Å². The topological polar surface area (TPSA) is 124 Å². The maximum atomic E-state index is 12.8. The lowest BCUT2D eigenvalue weighted by Crippen LogP contribution is -2.31. The summed E-state index contributed by atoms with van der Waals surface area (Å²) in [7, 11) is 3.13. The van der Waals surface area contributed by atoms with Gasteiger partial charge in [0.15, 0.2) is 17.3 Å². The van der Waals surface area contributed by atoms with Gasteiger partial charge in [-0.05, 0) is 18.2 Å². The molecule has 0 fully saturated rings. The Hall–Kier alpha value is -3.43. The van der Waals surface area contributed by atoms with Gasteiger partial charge in [0, 0.05) is 37.5 Å². The van der Waals surface area contributed by atoms with Crippen LogP contribution in [0.3, 0.4) is 0 Å². The number of H-pyrrole nitrogens is 1. The highest BCUT2D eigenvalue weighted by molar-refractivity contribution is 6.32. The summed E-state index contributed by atoms with van der Waals surface area (Å²) in [6, 6.07) is 7.15. The Morgan fingerprint density at radius 3 is 2.84 bits per heavy atom. The van der Waals surface area contributed by atoms with E-state index in [0.717, 1.165) is 5.69 Å². The first-order chi connectivity index (χ1) is 15.5. The molecule has 4 rings (SSSR count). The highest BCUT2D eigenvalue weighted by Crippen LogP contribution is 2.44. The van der Waals surface area contributed by atoms with Gasteiger partial charge in [-0.15, -0.1) is 0 Å². The van der Waals surface area contributed by atoms with E-state index >= 15 is 0 Å². The molecule has 1 aliphatic rings. The average molecular weight is 458 g/mol. The molecule has 0 saturated heterocycles. The number of benzene rings is 1. The van der Waals surface area contributed by atoms with Crippen LogP contribution in [0.15, 0.2) is 30.5 Å². The van der Waals surface area contributed by atoms with Crippen molar-refractivity contribution >= 4 is 34.7 Å². The number of para-hydroxylation sites is 1. The normalized spacial score (nSPS) is 12.8. The van der Waals surface area contributed by atoms with Gasteiger partial charge in [-0.1, -0.05) is 17.7 Å². The molecule has 0 radical (unpaired) electrons. The SMILES string of the molecule is COCCOc1c(-c2[nH]c3c(c2Nc2cccc(Cl)c2OC)C(=O)NCC3)ccnc1N. The highest BCUT2D eigenvalue weighted by Gasteiger charge is 2.29. The number of ether oxygens (including phenoxy) is 3. The Bertz CT molecular complexity index is 1150. The number of nitrogens with zero attached hydrogens (tertiary/aromatic N) is 1. The maximum Gasteiger partial charge on any atom is 0.255 e. The van der Waals surface area contributed by atoms with Crippen molar-refractivity contribution in [3.63, 3.8) is 0 Å². The molecular weight excluding hydrogens is 434 g/mol. The summed E-state index contributed by atoms with van der Waals surface area (Å²) in [6.45, 7) is 1.23. The van der Waals surface area contributed by atoms with Gasteiger partial charge in [0.1, 0.15) is 6.61 Å². The number of hydrogen-bond acceptors (Lipinski definition) is 7. The zero-order valence-electron chi connectivity index (χ0n) is 17.8. The van der Waals surface area contributed by atoms with E-state index in [2.05, 4.69) is 20.6 Å². The van der Waals surface area contributed by atoms with E-state index in [-0.39, 0.29) is 11.7 Å². The Morgan fingerprint density at radius 1 is 1.22 bits per heavy atom. The number of amides is 1. The number of fused-ring (bicyclic) bond motifs is 1. The largest absolute Gasteiger partial charge is 0.493 e. The lowest BCUT2D eigenvalue weighted by atomic mass is 10.0. The van der Waals surface area contributed by atoms with E-state index in [1.165, 1.54) is 7.11 Å². The number of aromatic nitrogens is 2. The van der Waals surface area contributed by atoms with Crippen molar-refractivity contribution < 1.29 is 19.0 Å². The molecule has 1 amide bonds. The predicted octanol–water partition coefficient (Wildman–Crippen LogP) is 3.38. The van der Waals surface area contributed by atoms with Crippen molar-refractivity contribution in [2.45, 2.75) is 6.42 Å². The number of hydrogen-bond donors (Lipinski definition) is 4. The molecule has 10 heteroatoms. The van der Waals surface area contributed by atoms with Gasteiger partial charge in [0.05, 0.1) is 41.4 Å². The fraction of sp³-hybridized carbons (Fsp3) is 0.273. The van der Waals surface area contributed by atoms with Crippen LogP contribution in [0, 0.1) is 0 Å². The summed E-state index contributed by atoms with van der Waals surface area (Å²) < 4.78 is 16.4. The van der Waals surface area contributed by atoms with E-state index in [9.17, 15) is 4.79 Å². The van der Waals surface area contributed by atoms with Crippen molar-refractivity contribution in [2.75, 3.05) is 45.0 Å². The molecule has 0 unspecified atom stereocenters. The van der Waals surface area contributed by atoms with E-state index in [0.29, 0.717) is 70.9 Å². The van der Waals surface area contributed by atoms with Crippen molar-refractivity contribution in [2.24, 2.45) is 0 Å². The average Bonchev–Trinajstić information content (AvgIpc) is 3.14. The van der Waals surface area contributed by atoms with E-state index < -0.39 is 0 Å². The minimum absolute atomic E-state index is 0.180. The van der Waals surface area contributed by atoms with Gasteiger partial charge in [0.2, 0.25) is 0 Å². The first-order valence-corrected chi connectivity index (χ1v) is 10.4. The molecule has 0 atom stereocenters. The standard InChI is InChI=1S/C22H24ClN5O4/c1-30-10-11-32-19-12(6-8-25-21(19)24)17-18(16-14(27-17)7-9-26-22(16)29)28-15-5-3-4-13(23)20(15)31-2/h3-6,8,27-28H,7,9-11H2,1-2H3,(H2,24,25)(H,26,29). The molecule has 0 spiro atoms. The van der Waals surface area contributed by atoms with Gasteiger partial charge in [-0.25, -0.2) is 4.98 Å². The summed E-state index contributed by atoms with van der Waals surface area (Å²) in [5.74, 6) is 0.935. The summed E-state index contributed by atoms with van der Waals surface area (Å²) in [6.07, 6.45) is 2.25. The lowest BCUT2D eigenvalue weighted by molar-refractivity contribution is 0.0947. The number of halogens is 1. The number of rotatable bonds is 8. The molecule has 0 aliphatic carbocycles. The molecule has 1 aliphatic heterocycles. The Labute approximate surface area is 190 Å². The van der Waals surface area contributed by atoms with Crippen LogP contribution in [0.25, 0.3) is 11.3 Å². The van der Waals surface area contributed by atoms with Crippen LogP contribution in [0.4, 0.5) is 17.2 Å². The number of nitrogens with one attached hydrogen (secondary N) is 3. The predicted molar refractivity (Wildman–Crippen MR) is 123 cm³/mol. The zero-order chi connectivity index (χ0) is 22.7. The molecule has 1 aromatic carbocycles.